The molecule has 1 aliphatic rings. The van der Waals surface area contributed by atoms with Crippen molar-refractivity contribution in [2.24, 2.45) is 0 Å². The summed E-state index contributed by atoms with van der Waals surface area (Å²) < 4.78 is 5.12. The number of aliphatic hydroxyl groups is 1. The zero-order valence-electron chi connectivity index (χ0n) is 5.51. The summed E-state index contributed by atoms with van der Waals surface area (Å²) in [6.07, 6.45) is -0.0972. The van der Waals surface area contributed by atoms with Gasteiger partial charge in [-0.05, 0) is 20.8 Å². The number of hydrogen-bond donors (Lipinski definition) is 1. The van der Waals surface area contributed by atoms with Gasteiger partial charge in [0.1, 0.15) is 5.60 Å². The van der Waals surface area contributed by atoms with Crippen LogP contribution in [0.5, 0.6) is 0 Å². The third-order valence-electron chi connectivity index (χ3n) is 2.01. The maximum atomic E-state index is 9.00. The second-order valence-corrected chi connectivity index (χ2v) is 2.62. The van der Waals surface area contributed by atoms with E-state index in [1.807, 2.05) is 13.8 Å². The molecule has 8 heavy (non-hydrogen) atoms. The highest BCUT2D eigenvalue weighted by atomic mass is 16.6. The molecule has 0 aromatic rings. The van der Waals surface area contributed by atoms with Crippen molar-refractivity contribution in [3.63, 3.8) is 0 Å². The van der Waals surface area contributed by atoms with Crippen LogP contribution in [0.4, 0.5) is 0 Å². The van der Waals surface area contributed by atoms with Gasteiger partial charge in [-0.2, -0.15) is 0 Å². The Balaban J connectivity index is 2.47. The molecule has 0 radical (unpaired) electrons. The van der Waals surface area contributed by atoms with Gasteiger partial charge in [0, 0.05) is 0 Å². The van der Waals surface area contributed by atoms with Crippen molar-refractivity contribution >= 4 is 0 Å². The Bertz CT molecular complexity index is 101. The average molecular weight is 116 g/mol. The third-order valence-corrected chi connectivity index (χ3v) is 2.01. The van der Waals surface area contributed by atoms with E-state index in [4.69, 9.17) is 9.84 Å². The van der Waals surface area contributed by atoms with Gasteiger partial charge in [-0.25, -0.2) is 0 Å². The van der Waals surface area contributed by atoms with Gasteiger partial charge in [0.2, 0.25) is 0 Å². The molecule has 3 atom stereocenters. The predicted octanol–water partition coefficient (Wildman–Crippen LogP) is 0.545. The van der Waals surface area contributed by atoms with Crippen LogP contribution in [0.3, 0.4) is 0 Å². The maximum Gasteiger partial charge on any atom is 0.117 e. The van der Waals surface area contributed by atoms with E-state index in [0.717, 1.165) is 0 Å². The normalized spacial score (nSPS) is 48.8. The summed E-state index contributed by atoms with van der Waals surface area (Å²) in [6.45, 7) is 5.64. The van der Waals surface area contributed by atoms with Gasteiger partial charge in [-0.15, -0.1) is 0 Å². The molecule has 0 aromatic heterocycles. The summed E-state index contributed by atoms with van der Waals surface area (Å²) in [4.78, 5) is 0. The third kappa shape index (κ3) is 0.644. The Morgan fingerprint density at radius 2 is 2.12 bits per heavy atom. The van der Waals surface area contributed by atoms with Gasteiger partial charge in [0.25, 0.3) is 0 Å². The lowest BCUT2D eigenvalue weighted by atomic mass is 10.0. The Labute approximate surface area is 49.5 Å². The number of epoxide rings is 1. The molecule has 1 aliphatic heterocycles. The van der Waals surface area contributed by atoms with E-state index < -0.39 is 0 Å². The van der Waals surface area contributed by atoms with Crippen LogP contribution in [-0.2, 0) is 4.74 Å². The summed E-state index contributed by atoms with van der Waals surface area (Å²) in [5.41, 5.74) is -0.236. The Morgan fingerprint density at radius 3 is 2.12 bits per heavy atom. The molecule has 0 spiro atoms. The minimum atomic E-state index is -0.336. The highest BCUT2D eigenvalue weighted by molar-refractivity contribution is 4.99. The van der Waals surface area contributed by atoms with E-state index in [1.165, 1.54) is 0 Å². The summed E-state index contributed by atoms with van der Waals surface area (Å²) in [5.74, 6) is 0. The molecule has 1 fully saturated rings. The van der Waals surface area contributed by atoms with Crippen molar-refractivity contribution < 1.29 is 9.84 Å². The molecule has 2 nitrogen and oxygen atoms in total. The van der Waals surface area contributed by atoms with Crippen LogP contribution in [0.2, 0.25) is 0 Å². The fourth-order valence-electron chi connectivity index (χ4n) is 0.785. The molecule has 0 bridgehead atoms. The quantitative estimate of drug-likeness (QED) is 0.507. The van der Waals surface area contributed by atoms with Gasteiger partial charge in [0.15, 0.2) is 0 Å². The Hall–Kier alpha value is -0.0800. The molecule has 1 saturated heterocycles. The molecule has 0 saturated carbocycles. The van der Waals surface area contributed by atoms with Gasteiger partial charge < -0.3 is 9.84 Å². The van der Waals surface area contributed by atoms with E-state index >= 15 is 0 Å². The van der Waals surface area contributed by atoms with Crippen LogP contribution in [-0.4, -0.2) is 22.9 Å². The van der Waals surface area contributed by atoms with Crippen molar-refractivity contribution in [2.45, 2.75) is 38.6 Å². The minimum Gasteiger partial charge on any atom is -0.390 e. The predicted molar refractivity (Wildman–Crippen MR) is 30.6 cm³/mol. The van der Waals surface area contributed by atoms with Gasteiger partial charge in [0.05, 0.1) is 12.2 Å². The molecular weight excluding hydrogens is 104 g/mol. The van der Waals surface area contributed by atoms with E-state index in [0.29, 0.717) is 0 Å². The lowest BCUT2D eigenvalue weighted by Gasteiger charge is -2.06. The topological polar surface area (TPSA) is 32.8 Å². The van der Waals surface area contributed by atoms with E-state index in [-0.39, 0.29) is 17.8 Å². The van der Waals surface area contributed by atoms with E-state index in [2.05, 4.69) is 0 Å². The van der Waals surface area contributed by atoms with Gasteiger partial charge >= 0.3 is 0 Å². The van der Waals surface area contributed by atoms with Crippen molar-refractivity contribution in [2.75, 3.05) is 0 Å². The van der Waals surface area contributed by atoms with Crippen molar-refractivity contribution in [1.29, 1.82) is 0 Å². The molecule has 0 aliphatic carbocycles. The number of ether oxygens (including phenoxy) is 1. The van der Waals surface area contributed by atoms with Gasteiger partial charge in [-0.3, -0.25) is 0 Å². The fourth-order valence-corrected chi connectivity index (χ4v) is 0.785. The van der Waals surface area contributed by atoms with E-state index in [1.54, 1.807) is 6.92 Å². The largest absolute Gasteiger partial charge is 0.390 e. The molecule has 1 heterocycles. The minimum absolute atomic E-state index is 0.236. The fraction of sp³-hybridized carbons (Fsp3) is 1.00. The first-order chi connectivity index (χ1) is 3.57. The van der Waals surface area contributed by atoms with Crippen LogP contribution in [0.15, 0.2) is 0 Å². The number of aliphatic hydroxyl groups excluding tert-OH is 1. The second-order valence-electron chi connectivity index (χ2n) is 2.62. The molecule has 1 unspecified atom stereocenters. The summed E-state index contributed by atoms with van der Waals surface area (Å²) in [6, 6.07) is 0. The first-order valence-corrected chi connectivity index (χ1v) is 2.93. The lowest BCUT2D eigenvalue weighted by molar-refractivity contribution is 0.101. The smallest absolute Gasteiger partial charge is 0.117 e. The molecule has 1 N–H and O–H groups in total. The van der Waals surface area contributed by atoms with Gasteiger partial charge in [-0.1, -0.05) is 0 Å². The molecule has 0 amide bonds. The number of rotatable bonds is 1. The summed E-state index contributed by atoms with van der Waals surface area (Å²) >= 11 is 0. The molecule has 2 heteroatoms. The standard InChI is InChI=1S/C6H12O2/c1-4(7)6(3)5(2)8-6/h4-5,7H,1-3H3/t4?,5-,6+/m0/s1. The molecule has 48 valence electrons. The lowest BCUT2D eigenvalue weighted by Crippen LogP contribution is -2.24. The van der Waals surface area contributed by atoms with Crippen LogP contribution >= 0.6 is 0 Å². The van der Waals surface area contributed by atoms with Crippen molar-refractivity contribution in [1.82, 2.24) is 0 Å². The highest BCUT2D eigenvalue weighted by Crippen LogP contribution is 2.38. The first-order valence-electron chi connectivity index (χ1n) is 2.93. The van der Waals surface area contributed by atoms with Crippen molar-refractivity contribution in [3.8, 4) is 0 Å². The zero-order chi connectivity index (χ0) is 6.36. The highest BCUT2D eigenvalue weighted by Gasteiger charge is 2.52. The van der Waals surface area contributed by atoms with Crippen LogP contribution in [0, 0.1) is 0 Å². The summed E-state index contributed by atoms with van der Waals surface area (Å²) in [7, 11) is 0. The van der Waals surface area contributed by atoms with Crippen molar-refractivity contribution in [3.05, 3.63) is 0 Å². The van der Waals surface area contributed by atoms with Crippen LogP contribution in [0.25, 0.3) is 0 Å². The summed E-state index contributed by atoms with van der Waals surface area (Å²) in [5, 5.41) is 9.00. The first kappa shape index (κ1) is 6.05. The monoisotopic (exact) mass is 116 g/mol. The van der Waals surface area contributed by atoms with E-state index in [9.17, 15) is 0 Å². The Morgan fingerprint density at radius 1 is 1.75 bits per heavy atom. The van der Waals surface area contributed by atoms with Crippen LogP contribution in [0.1, 0.15) is 20.8 Å². The Kier molecular flexibility index (Phi) is 1.10. The number of hydrogen-bond acceptors (Lipinski definition) is 2. The second kappa shape index (κ2) is 1.45. The van der Waals surface area contributed by atoms with Crippen LogP contribution < -0.4 is 0 Å². The molecule has 1 rings (SSSR count). The maximum absolute atomic E-state index is 9.00. The molecule has 0 aromatic carbocycles. The SMILES string of the molecule is CC(O)[C@@]1(C)O[C@H]1C. The zero-order valence-corrected chi connectivity index (χ0v) is 5.51. The average Bonchev–Trinajstić information content (AvgIpc) is 2.17. The molecular formula is C6H12O2.